The molecule has 1 aromatic carbocycles. The molecule has 3 rings (SSSR count). The van der Waals surface area contributed by atoms with E-state index in [0.717, 1.165) is 12.5 Å². The zero-order valence-corrected chi connectivity index (χ0v) is 17.8. The third kappa shape index (κ3) is 4.48. The van der Waals surface area contributed by atoms with Crippen molar-refractivity contribution in [1.29, 1.82) is 5.26 Å². The Morgan fingerprint density at radius 1 is 1.29 bits per heavy atom. The van der Waals surface area contributed by atoms with E-state index in [1.807, 2.05) is 11.8 Å². The van der Waals surface area contributed by atoms with Crippen molar-refractivity contribution >= 4 is 17.5 Å². The minimum absolute atomic E-state index is 0.0395. The molecular formula is C22H27F3N4O2. The Morgan fingerprint density at radius 3 is 2.52 bits per heavy atom. The average molecular weight is 436 g/mol. The van der Waals surface area contributed by atoms with E-state index in [4.69, 9.17) is 5.26 Å². The quantitative estimate of drug-likeness (QED) is 0.787. The Hall–Kier alpha value is -2.76. The number of halogens is 3. The summed E-state index contributed by atoms with van der Waals surface area (Å²) in [6, 6.07) is 5.37. The van der Waals surface area contributed by atoms with Crippen LogP contribution in [0.3, 0.4) is 0 Å². The van der Waals surface area contributed by atoms with Gasteiger partial charge in [-0.1, -0.05) is 6.92 Å². The number of rotatable bonds is 4. The van der Waals surface area contributed by atoms with Crippen LogP contribution in [0, 0.1) is 22.7 Å². The Balaban J connectivity index is 1.80. The lowest BCUT2D eigenvalue weighted by molar-refractivity contribution is -0.137. The molecule has 1 atom stereocenters. The van der Waals surface area contributed by atoms with Gasteiger partial charge in [-0.2, -0.15) is 18.4 Å². The maximum Gasteiger partial charge on any atom is 0.417 e. The van der Waals surface area contributed by atoms with Crippen LogP contribution >= 0.6 is 0 Å². The number of carbonyl (C=O) groups excluding carboxylic acids is 2. The summed E-state index contributed by atoms with van der Waals surface area (Å²) >= 11 is 0. The van der Waals surface area contributed by atoms with Crippen molar-refractivity contribution in [2.24, 2.45) is 11.3 Å². The summed E-state index contributed by atoms with van der Waals surface area (Å²) in [5, 5.41) is 11.7. The van der Waals surface area contributed by atoms with Crippen LogP contribution in [0.4, 0.5) is 18.9 Å². The Labute approximate surface area is 180 Å². The summed E-state index contributed by atoms with van der Waals surface area (Å²) in [7, 11) is 1.58. The number of alkyl halides is 3. The minimum atomic E-state index is -4.60. The van der Waals surface area contributed by atoms with E-state index < -0.39 is 17.3 Å². The lowest BCUT2D eigenvalue weighted by atomic mass is 9.70. The van der Waals surface area contributed by atoms with Crippen molar-refractivity contribution in [3.05, 3.63) is 29.3 Å². The molecule has 1 spiro atoms. The summed E-state index contributed by atoms with van der Waals surface area (Å²) in [5.74, 6) is -0.386. The summed E-state index contributed by atoms with van der Waals surface area (Å²) in [6.07, 6.45) is -2.23. The minimum Gasteiger partial charge on any atom is -0.371 e. The van der Waals surface area contributed by atoms with Crippen molar-refractivity contribution < 1.29 is 22.8 Å². The van der Waals surface area contributed by atoms with Crippen LogP contribution in [0.2, 0.25) is 0 Å². The first-order chi connectivity index (χ1) is 14.6. The van der Waals surface area contributed by atoms with Crippen LogP contribution in [-0.2, 0) is 15.8 Å². The SMILES string of the molecule is CCCC(=O)N1CC(C(=O)NC)C2(CCN(c3ccc(C#N)c(C(F)(F)F)c3)CC2)C1. The van der Waals surface area contributed by atoms with Crippen molar-refractivity contribution in [2.45, 2.75) is 38.8 Å². The molecule has 2 amide bonds. The molecule has 2 fully saturated rings. The molecule has 0 aromatic heterocycles. The van der Waals surface area contributed by atoms with Gasteiger partial charge in [0.15, 0.2) is 0 Å². The van der Waals surface area contributed by atoms with E-state index in [1.165, 1.54) is 12.1 Å². The number of amides is 2. The summed E-state index contributed by atoms with van der Waals surface area (Å²) in [4.78, 5) is 28.7. The molecule has 6 nitrogen and oxygen atoms in total. The lowest BCUT2D eigenvalue weighted by Crippen LogP contribution is -2.48. The van der Waals surface area contributed by atoms with Crippen LogP contribution in [0.15, 0.2) is 18.2 Å². The van der Waals surface area contributed by atoms with E-state index in [2.05, 4.69) is 5.32 Å². The number of nitrogens with zero attached hydrogens (tertiary/aromatic N) is 3. The predicted octanol–water partition coefficient (Wildman–Crippen LogP) is 3.17. The van der Waals surface area contributed by atoms with Crippen LogP contribution < -0.4 is 10.2 Å². The molecule has 0 bridgehead atoms. The number of nitrogens with one attached hydrogen (secondary N) is 1. The fourth-order valence-electron chi connectivity index (χ4n) is 4.84. The second kappa shape index (κ2) is 8.77. The molecule has 1 unspecified atom stereocenters. The van der Waals surface area contributed by atoms with Gasteiger partial charge >= 0.3 is 6.18 Å². The van der Waals surface area contributed by atoms with Crippen LogP contribution in [-0.4, -0.2) is 49.9 Å². The summed E-state index contributed by atoms with van der Waals surface area (Å²) < 4.78 is 40.0. The van der Waals surface area contributed by atoms with Gasteiger partial charge in [-0.25, -0.2) is 0 Å². The lowest BCUT2D eigenvalue weighted by Gasteiger charge is -2.43. The van der Waals surface area contributed by atoms with Gasteiger partial charge in [0.25, 0.3) is 0 Å². The standard InChI is InChI=1S/C22H27F3N4O2/c1-3-4-19(30)29-13-18(20(31)27-2)21(14-29)7-9-28(10-8-21)16-6-5-15(12-26)17(11-16)22(23,24)25/h5-6,11,18H,3-4,7-10,13-14H2,1-2H3,(H,27,31). The van der Waals surface area contributed by atoms with Crippen LogP contribution in [0.5, 0.6) is 0 Å². The van der Waals surface area contributed by atoms with E-state index in [1.54, 1.807) is 18.0 Å². The predicted molar refractivity (Wildman–Crippen MR) is 109 cm³/mol. The summed E-state index contributed by atoms with van der Waals surface area (Å²) in [5.41, 5.74) is -1.30. The maximum absolute atomic E-state index is 13.3. The molecule has 1 aromatic rings. The van der Waals surface area contributed by atoms with Gasteiger partial charge in [0.2, 0.25) is 11.8 Å². The van der Waals surface area contributed by atoms with Crippen LogP contribution in [0.25, 0.3) is 0 Å². The van der Waals surface area contributed by atoms with Crippen molar-refractivity contribution in [1.82, 2.24) is 10.2 Å². The second-order valence-electron chi connectivity index (χ2n) is 8.38. The number of piperidine rings is 1. The number of hydrogen-bond donors (Lipinski definition) is 1. The van der Waals surface area contributed by atoms with Gasteiger partial charge in [0.05, 0.1) is 23.1 Å². The highest BCUT2D eigenvalue weighted by molar-refractivity contribution is 5.83. The Bertz CT molecular complexity index is 886. The van der Waals surface area contributed by atoms with Gasteiger partial charge < -0.3 is 15.1 Å². The molecule has 2 aliphatic rings. The molecule has 31 heavy (non-hydrogen) atoms. The molecule has 0 saturated carbocycles. The van der Waals surface area contributed by atoms with E-state index in [0.29, 0.717) is 51.1 Å². The molecule has 1 N–H and O–H groups in total. The van der Waals surface area contributed by atoms with Crippen molar-refractivity contribution in [2.75, 3.05) is 38.1 Å². The molecule has 0 aliphatic carbocycles. The van der Waals surface area contributed by atoms with Crippen molar-refractivity contribution in [3.63, 3.8) is 0 Å². The number of carbonyl (C=O) groups is 2. The molecular weight excluding hydrogens is 409 g/mol. The van der Waals surface area contributed by atoms with Gasteiger partial charge in [-0.3, -0.25) is 9.59 Å². The number of anilines is 1. The fraction of sp³-hybridized carbons (Fsp3) is 0.591. The van der Waals surface area contributed by atoms with Crippen molar-refractivity contribution in [3.8, 4) is 6.07 Å². The molecule has 2 aliphatic heterocycles. The first-order valence-corrected chi connectivity index (χ1v) is 10.5. The molecule has 2 heterocycles. The number of likely N-dealkylation sites (tertiary alicyclic amines) is 1. The summed E-state index contributed by atoms with van der Waals surface area (Å²) in [6.45, 7) is 3.77. The van der Waals surface area contributed by atoms with E-state index >= 15 is 0 Å². The monoisotopic (exact) mass is 436 g/mol. The smallest absolute Gasteiger partial charge is 0.371 e. The van der Waals surface area contributed by atoms with Gasteiger partial charge in [0.1, 0.15) is 0 Å². The average Bonchev–Trinajstić information content (AvgIpc) is 3.12. The molecule has 0 radical (unpaired) electrons. The Kier molecular flexibility index (Phi) is 6.48. The first kappa shape index (κ1) is 22.9. The van der Waals surface area contributed by atoms with Gasteiger partial charge in [-0.05, 0) is 37.5 Å². The van der Waals surface area contributed by atoms with E-state index in [9.17, 15) is 22.8 Å². The highest BCUT2D eigenvalue weighted by Crippen LogP contribution is 2.46. The third-order valence-corrected chi connectivity index (χ3v) is 6.58. The van der Waals surface area contributed by atoms with Crippen LogP contribution in [0.1, 0.15) is 43.7 Å². The second-order valence-corrected chi connectivity index (χ2v) is 8.38. The zero-order chi connectivity index (χ0) is 22.8. The largest absolute Gasteiger partial charge is 0.417 e. The molecule has 9 heteroatoms. The Morgan fingerprint density at radius 2 is 1.97 bits per heavy atom. The number of benzene rings is 1. The normalized spacial score (nSPS) is 20.6. The third-order valence-electron chi connectivity index (χ3n) is 6.58. The number of hydrogen-bond acceptors (Lipinski definition) is 4. The van der Waals surface area contributed by atoms with Gasteiger partial charge in [-0.15, -0.1) is 0 Å². The van der Waals surface area contributed by atoms with E-state index in [-0.39, 0.29) is 23.1 Å². The molecule has 2 saturated heterocycles. The highest BCUT2D eigenvalue weighted by Gasteiger charge is 2.52. The first-order valence-electron chi connectivity index (χ1n) is 10.5. The zero-order valence-electron chi connectivity index (χ0n) is 17.8. The number of nitriles is 1. The topological polar surface area (TPSA) is 76.4 Å². The highest BCUT2D eigenvalue weighted by atomic mass is 19.4. The fourth-order valence-corrected chi connectivity index (χ4v) is 4.84. The maximum atomic E-state index is 13.3. The van der Waals surface area contributed by atoms with Gasteiger partial charge in [0, 0.05) is 50.7 Å². The molecule has 168 valence electrons.